The number of carbonyl (C=O) groups is 1. The minimum Gasteiger partial charge on any atom is -0.497 e. The van der Waals surface area contributed by atoms with E-state index < -0.39 is 0 Å². The molecule has 1 fully saturated rings. The van der Waals surface area contributed by atoms with E-state index in [9.17, 15) is 4.79 Å². The number of hydrogen-bond acceptors (Lipinski definition) is 3. The number of nitrogens with zero attached hydrogens (tertiary/aromatic N) is 1. The summed E-state index contributed by atoms with van der Waals surface area (Å²) in [6.45, 7) is 3.66. The third kappa shape index (κ3) is 3.78. The van der Waals surface area contributed by atoms with Crippen LogP contribution in [-0.4, -0.2) is 38.1 Å². The molecule has 0 unspecified atom stereocenters. The summed E-state index contributed by atoms with van der Waals surface area (Å²) in [5.74, 6) is 1.55. The van der Waals surface area contributed by atoms with Gasteiger partial charge in [-0.2, -0.15) is 0 Å². The van der Waals surface area contributed by atoms with Crippen LogP contribution in [0.4, 0.5) is 0 Å². The number of methoxy groups -OCH3 is 2. The normalized spacial score (nSPS) is 15.8. The molecule has 1 aliphatic heterocycles. The molecule has 0 bridgehead atoms. The molecule has 4 heteroatoms. The largest absolute Gasteiger partial charge is 0.497 e. The van der Waals surface area contributed by atoms with Crippen LogP contribution in [0.15, 0.2) is 24.3 Å². The van der Waals surface area contributed by atoms with Crippen LogP contribution < -0.4 is 9.47 Å². The second-order valence-corrected chi connectivity index (χ2v) is 5.28. The summed E-state index contributed by atoms with van der Waals surface area (Å²) in [4.78, 5) is 14.2. The van der Waals surface area contributed by atoms with E-state index in [0.717, 1.165) is 48.6 Å². The van der Waals surface area contributed by atoms with Gasteiger partial charge >= 0.3 is 0 Å². The maximum absolute atomic E-state index is 12.3. The first-order valence-corrected chi connectivity index (χ1v) is 7.35. The highest BCUT2D eigenvalue weighted by Crippen LogP contribution is 2.30. The lowest BCUT2D eigenvalue weighted by Crippen LogP contribution is -2.34. The zero-order valence-electron chi connectivity index (χ0n) is 13.0. The molecular formula is C17H23NO3. The number of carbonyl (C=O) groups excluding carboxylic acids is 1. The predicted octanol–water partition coefficient (Wildman–Crippen LogP) is 3.12. The van der Waals surface area contributed by atoms with Crippen LogP contribution in [0.1, 0.15) is 31.7 Å². The smallest absolute Gasteiger partial charge is 0.246 e. The number of allylic oxidation sites excluding steroid dienone is 1. The number of benzene rings is 1. The van der Waals surface area contributed by atoms with Crippen molar-refractivity contribution in [2.24, 2.45) is 0 Å². The highest BCUT2D eigenvalue weighted by Gasteiger charge is 2.15. The molecular weight excluding hydrogens is 266 g/mol. The van der Waals surface area contributed by atoms with Crippen molar-refractivity contribution in [3.8, 4) is 11.5 Å². The van der Waals surface area contributed by atoms with E-state index in [1.165, 1.54) is 6.42 Å². The Labute approximate surface area is 126 Å². The average Bonchev–Trinajstić information content (AvgIpc) is 2.54. The predicted molar refractivity (Wildman–Crippen MR) is 83.6 cm³/mol. The fraction of sp³-hybridized carbons (Fsp3) is 0.471. The number of piperidine rings is 1. The zero-order chi connectivity index (χ0) is 15.2. The molecule has 114 valence electrons. The van der Waals surface area contributed by atoms with Crippen molar-refractivity contribution in [2.75, 3.05) is 27.3 Å². The first-order valence-electron chi connectivity index (χ1n) is 7.35. The molecule has 21 heavy (non-hydrogen) atoms. The Kier molecular flexibility index (Phi) is 5.26. The number of rotatable bonds is 4. The summed E-state index contributed by atoms with van der Waals surface area (Å²) in [5.41, 5.74) is 1.83. The van der Waals surface area contributed by atoms with Crippen LogP contribution in [0.3, 0.4) is 0 Å². The number of ether oxygens (including phenoxy) is 2. The Balaban J connectivity index is 2.19. The second kappa shape index (κ2) is 7.16. The second-order valence-electron chi connectivity index (χ2n) is 5.28. The van der Waals surface area contributed by atoms with Gasteiger partial charge in [0.15, 0.2) is 0 Å². The van der Waals surface area contributed by atoms with E-state index in [0.29, 0.717) is 0 Å². The van der Waals surface area contributed by atoms with Gasteiger partial charge in [0.1, 0.15) is 11.5 Å². The van der Waals surface area contributed by atoms with Crippen LogP contribution in [-0.2, 0) is 4.79 Å². The third-order valence-electron chi connectivity index (χ3n) is 3.84. The summed E-state index contributed by atoms with van der Waals surface area (Å²) >= 11 is 0. The lowest BCUT2D eigenvalue weighted by atomic mass is 10.0. The van der Waals surface area contributed by atoms with Crippen LogP contribution >= 0.6 is 0 Å². The van der Waals surface area contributed by atoms with Crippen LogP contribution in [0.2, 0.25) is 0 Å². The first-order chi connectivity index (χ1) is 10.2. The van der Waals surface area contributed by atoms with Gasteiger partial charge in [-0.15, -0.1) is 0 Å². The van der Waals surface area contributed by atoms with E-state index in [2.05, 4.69) is 0 Å². The van der Waals surface area contributed by atoms with Gasteiger partial charge in [0, 0.05) is 30.8 Å². The Morgan fingerprint density at radius 1 is 1.14 bits per heavy atom. The molecule has 1 aliphatic rings. The molecule has 1 heterocycles. The molecule has 1 saturated heterocycles. The summed E-state index contributed by atoms with van der Waals surface area (Å²) in [6.07, 6.45) is 5.13. The van der Waals surface area contributed by atoms with Crippen molar-refractivity contribution in [3.63, 3.8) is 0 Å². The molecule has 0 atom stereocenters. The highest BCUT2D eigenvalue weighted by molar-refractivity contribution is 5.95. The van der Waals surface area contributed by atoms with Gasteiger partial charge < -0.3 is 14.4 Å². The molecule has 0 N–H and O–H groups in total. The fourth-order valence-corrected chi connectivity index (χ4v) is 2.59. The van der Waals surface area contributed by atoms with E-state index in [4.69, 9.17) is 9.47 Å². The van der Waals surface area contributed by atoms with Gasteiger partial charge in [0.2, 0.25) is 5.91 Å². The van der Waals surface area contributed by atoms with E-state index in [1.807, 2.05) is 30.0 Å². The van der Waals surface area contributed by atoms with Gasteiger partial charge in [0.25, 0.3) is 0 Å². The minimum atomic E-state index is 0.0880. The number of hydrogen-bond donors (Lipinski definition) is 0. The van der Waals surface area contributed by atoms with Crippen molar-refractivity contribution in [1.82, 2.24) is 4.90 Å². The summed E-state index contributed by atoms with van der Waals surface area (Å²) in [5, 5.41) is 0. The van der Waals surface area contributed by atoms with E-state index in [-0.39, 0.29) is 5.91 Å². The Morgan fingerprint density at radius 2 is 1.86 bits per heavy atom. The molecule has 4 nitrogen and oxygen atoms in total. The topological polar surface area (TPSA) is 38.8 Å². The third-order valence-corrected chi connectivity index (χ3v) is 3.84. The van der Waals surface area contributed by atoms with Crippen LogP contribution in [0.25, 0.3) is 5.57 Å². The monoisotopic (exact) mass is 289 g/mol. The van der Waals surface area contributed by atoms with Gasteiger partial charge in [-0.3, -0.25) is 4.79 Å². The van der Waals surface area contributed by atoms with E-state index >= 15 is 0 Å². The van der Waals surface area contributed by atoms with Crippen molar-refractivity contribution < 1.29 is 14.3 Å². The van der Waals surface area contributed by atoms with Crippen molar-refractivity contribution in [2.45, 2.75) is 26.2 Å². The van der Waals surface area contributed by atoms with Gasteiger partial charge in [-0.1, -0.05) is 0 Å². The fourth-order valence-electron chi connectivity index (χ4n) is 2.59. The maximum atomic E-state index is 12.3. The molecule has 0 aromatic heterocycles. The highest BCUT2D eigenvalue weighted by atomic mass is 16.5. The quantitative estimate of drug-likeness (QED) is 0.799. The molecule has 0 radical (unpaired) electrons. The molecule has 1 amide bonds. The molecule has 2 rings (SSSR count). The van der Waals surface area contributed by atoms with Crippen molar-refractivity contribution in [3.05, 3.63) is 29.8 Å². The van der Waals surface area contributed by atoms with Crippen LogP contribution in [0.5, 0.6) is 11.5 Å². The van der Waals surface area contributed by atoms with E-state index in [1.54, 1.807) is 20.3 Å². The van der Waals surface area contributed by atoms with Crippen LogP contribution in [0, 0.1) is 0 Å². The van der Waals surface area contributed by atoms with Gasteiger partial charge in [-0.05, 0) is 43.9 Å². The molecule has 0 aliphatic carbocycles. The maximum Gasteiger partial charge on any atom is 0.246 e. The molecule has 0 saturated carbocycles. The average molecular weight is 289 g/mol. The minimum absolute atomic E-state index is 0.0880. The Hall–Kier alpha value is -1.97. The molecule has 0 spiro atoms. The lowest BCUT2D eigenvalue weighted by molar-refractivity contribution is -0.126. The molecule has 1 aromatic carbocycles. The summed E-state index contributed by atoms with van der Waals surface area (Å²) in [6, 6.07) is 5.63. The van der Waals surface area contributed by atoms with Gasteiger partial charge in [-0.25, -0.2) is 0 Å². The van der Waals surface area contributed by atoms with Crippen molar-refractivity contribution >= 4 is 11.5 Å². The number of likely N-dealkylation sites (tertiary alicyclic amines) is 1. The first kappa shape index (κ1) is 15.4. The standard InChI is InChI=1S/C17H23NO3/c1-13(11-17(19)18-9-5-4-6-10-18)15-8-7-14(20-2)12-16(15)21-3/h7-8,11-12H,4-6,9-10H2,1-3H3/b13-11+. The zero-order valence-corrected chi connectivity index (χ0v) is 13.0. The number of amides is 1. The van der Waals surface area contributed by atoms with Crippen molar-refractivity contribution in [1.29, 1.82) is 0 Å². The summed E-state index contributed by atoms with van der Waals surface area (Å²) in [7, 11) is 3.25. The molecule has 1 aromatic rings. The Bertz CT molecular complexity index is 531. The lowest BCUT2D eigenvalue weighted by Gasteiger charge is -2.25. The van der Waals surface area contributed by atoms with Gasteiger partial charge in [0.05, 0.1) is 14.2 Å². The Morgan fingerprint density at radius 3 is 2.48 bits per heavy atom. The SMILES string of the molecule is COc1ccc(/C(C)=C/C(=O)N2CCCCC2)c(OC)c1. The summed E-state index contributed by atoms with van der Waals surface area (Å²) < 4.78 is 10.6.